The molecule has 0 amide bonds. The maximum absolute atomic E-state index is 5.93. The molecule has 1 saturated heterocycles. The van der Waals surface area contributed by atoms with Crippen molar-refractivity contribution in [2.75, 3.05) is 0 Å². The molecule has 0 spiro atoms. The molecule has 2 heteroatoms. The molecule has 0 unspecified atom stereocenters. The predicted molar refractivity (Wildman–Crippen MR) is 48.5 cm³/mol. The third kappa shape index (κ3) is 2.46. The van der Waals surface area contributed by atoms with Crippen LogP contribution in [0.4, 0.5) is 0 Å². The van der Waals surface area contributed by atoms with E-state index >= 15 is 0 Å². The fraction of sp³-hybridized carbons (Fsp3) is 1.00. The molecule has 1 fully saturated rings. The second-order valence-corrected chi connectivity index (χ2v) is 3.61. The quantitative estimate of drug-likeness (QED) is 0.631. The minimum atomic E-state index is 0.436. The lowest BCUT2D eigenvalue weighted by Crippen LogP contribution is -2.49. The Labute approximate surface area is 69.5 Å². The summed E-state index contributed by atoms with van der Waals surface area (Å²) < 4.78 is 0. The van der Waals surface area contributed by atoms with Gasteiger partial charge in [0.2, 0.25) is 0 Å². The van der Waals surface area contributed by atoms with E-state index in [9.17, 15) is 0 Å². The molecule has 1 aliphatic heterocycles. The van der Waals surface area contributed by atoms with Crippen LogP contribution in [0.3, 0.4) is 0 Å². The van der Waals surface area contributed by atoms with Crippen molar-refractivity contribution in [1.29, 1.82) is 0 Å². The fourth-order valence-electron chi connectivity index (χ4n) is 1.87. The van der Waals surface area contributed by atoms with Gasteiger partial charge in [0.15, 0.2) is 0 Å². The lowest BCUT2D eigenvalue weighted by molar-refractivity contribution is 0.279. The molecule has 3 atom stereocenters. The summed E-state index contributed by atoms with van der Waals surface area (Å²) in [5.74, 6) is 0. The summed E-state index contributed by atoms with van der Waals surface area (Å²) in [4.78, 5) is 0. The van der Waals surface area contributed by atoms with E-state index < -0.39 is 0 Å². The molecule has 0 aromatic rings. The van der Waals surface area contributed by atoms with E-state index in [0.717, 1.165) is 12.8 Å². The van der Waals surface area contributed by atoms with Crippen LogP contribution in [-0.4, -0.2) is 18.1 Å². The minimum Gasteiger partial charge on any atom is -0.328 e. The molecule has 0 radical (unpaired) electrons. The highest BCUT2D eigenvalue weighted by atomic mass is 15.0. The Kier molecular flexibility index (Phi) is 3.34. The molecule has 3 N–H and O–H groups in total. The first-order valence-electron chi connectivity index (χ1n) is 4.77. The lowest BCUT2D eigenvalue weighted by atomic mass is 9.92. The Hall–Kier alpha value is -0.0800. The van der Waals surface area contributed by atoms with Crippen LogP contribution in [-0.2, 0) is 0 Å². The fourth-order valence-corrected chi connectivity index (χ4v) is 1.87. The van der Waals surface area contributed by atoms with Crippen LogP contribution in [0.2, 0.25) is 0 Å². The van der Waals surface area contributed by atoms with Gasteiger partial charge in [-0.15, -0.1) is 0 Å². The highest BCUT2D eigenvalue weighted by Crippen LogP contribution is 2.15. The van der Waals surface area contributed by atoms with Crippen molar-refractivity contribution in [2.45, 2.75) is 57.7 Å². The molecular formula is C9H20N2. The SMILES string of the molecule is CC[C@@H]1C[C@H](N)C[C@H](CC)N1. The van der Waals surface area contributed by atoms with Crippen LogP contribution in [0.1, 0.15) is 39.5 Å². The van der Waals surface area contributed by atoms with Gasteiger partial charge < -0.3 is 11.1 Å². The normalized spacial score (nSPS) is 39.0. The second-order valence-electron chi connectivity index (χ2n) is 3.61. The van der Waals surface area contributed by atoms with Gasteiger partial charge in [-0.05, 0) is 25.7 Å². The zero-order valence-corrected chi connectivity index (χ0v) is 7.64. The van der Waals surface area contributed by atoms with E-state index in [4.69, 9.17) is 5.73 Å². The number of piperidine rings is 1. The van der Waals surface area contributed by atoms with Gasteiger partial charge in [0.1, 0.15) is 0 Å². The largest absolute Gasteiger partial charge is 0.328 e. The zero-order chi connectivity index (χ0) is 8.27. The van der Waals surface area contributed by atoms with E-state index in [2.05, 4.69) is 19.2 Å². The topological polar surface area (TPSA) is 38.0 Å². The summed E-state index contributed by atoms with van der Waals surface area (Å²) in [5, 5.41) is 3.60. The predicted octanol–water partition coefficient (Wildman–Crippen LogP) is 1.25. The monoisotopic (exact) mass is 156 g/mol. The van der Waals surface area contributed by atoms with Crippen LogP contribution in [0.15, 0.2) is 0 Å². The second kappa shape index (κ2) is 4.07. The Balaban J connectivity index is 2.37. The van der Waals surface area contributed by atoms with Gasteiger partial charge in [0.05, 0.1) is 0 Å². The summed E-state index contributed by atoms with van der Waals surface area (Å²) in [6.45, 7) is 4.45. The van der Waals surface area contributed by atoms with E-state index in [0.29, 0.717) is 18.1 Å². The minimum absolute atomic E-state index is 0.436. The first-order valence-corrected chi connectivity index (χ1v) is 4.77. The molecule has 0 aromatic heterocycles. The van der Waals surface area contributed by atoms with E-state index in [1.54, 1.807) is 0 Å². The molecule has 1 aliphatic rings. The number of hydrogen-bond acceptors (Lipinski definition) is 2. The molecule has 1 heterocycles. The maximum atomic E-state index is 5.93. The smallest absolute Gasteiger partial charge is 0.00817 e. The van der Waals surface area contributed by atoms with Gasteiger partial charge in [0, 0.05) is 18.1 Å². The third-order valence-electron chi connectivity index (χ3n) is 2.63. The van der Waals surface area contributed by atoms with Crippen LogP contribution >= 0.6 is 0 Å². The molecule has 11 heavy (non-hydrogen) atoms. The van der Waals surface area contributed by atoms with Crippen molar-refractivity contribution in [3.63, 3.8) is 0 Å². The number of nitrogens with one attached hydrogen (secondary N) is 1. The number of hydrogen-bond donors (Lipinski definition) is 2. The average Bonchev–Trinajstić information content (AvgIpc) is 2.03. The Morgan fingerprint density at radius 3 is 2.00 bits per heavy atom. The van der Waals surface area contributed by atoms with Crippen molar-refractivity contribution in [3.05, 3.63) is 0 Å². The van der Waals surface area contributed by atoms with Gasteiger partial charge in [-0.3, -0.25) is 0 Å². The zero-order valence-electron chi connectivity index (χ0n) is 7.64. The van der Waals surface area contributed by atoms with Gasteiger partial charge >= 0.3 is 0 Å². The molecule has 2 nitrogen and oxygen atoms in total. The first kappa shape index (κ1) is 9.01. The van der Waals surface area contributed by atoms with E-state index in [-0.39, 0.29) is 0 Å². The summed E-state index contributed by atoms with van der Waals surface area (Å²) >= 11 is 0. The van der Waals surface area contributed by atoms with E-state index in [1.165, 1.54) is 12.8 Å². The Morgan fingerprint density at radius 1 is 1.18 bits per heavy atom. The molecule has 0 saturated carbocycles. The van der Waals surface area contributed by atoms with Crippen molar-refractivity contribution in [3.8, 4) is 0 Å². The van der Waals surface area contributed by atoms with Crippen LogP contribution in [0.5, 0.6) is 0 Å². The summed E-state index contributed by atoms with van der Waals surface area (Å²) in [6.07, 6.45) is 4.74. The highest BCUT2D eigenvalue weighted by molar-refractivity contribution is 4.85. The van der Waals surface area contributed by atoms with Gasteiger partial charge in [-0.25, -0.2) is 0 Å². The van der Waals surface area contributed by atoms with Gasteiger partial charge in [0.25, 0.3) is 0 Å². The summed E-state index contributed by atoms with van der Waals surface area (Å²) in [7, 11) is 0. The van der Waals surface area contributed by atoms with Crippen molar-refractivity contribution < 1.29 is 0 Å². The third-order valence-corrected chi connectivity index (χ3v) is 2.63. The molecule has 0 aromatic carbocycles. The van der Waals surface area contributed by atoms with Crippen molar-refractivity contribution in [1.82, 2.24) is 5.32 Å². The van der Waals surface area contributed by atoms with Crippen LogP contribution < -0.4 is 11.1 Å². The first-order chi connectivity index (χ1) is 5.26. The number of nitrogens with two attached hydrogens (primary N) is 1. The Morgan fingerprint density at radius 2 is 1.64 bits per heavy atom. The van der Waals surface area contributed by atoms with Gasteiger partial charge in [-0.2, -0.15) is 0 Å². The highest BCUT2D eigenvalue weighted by Gasteiger charge is 2.23. The van der Waals surface area contributed by atoms with Crippen molar-refractivity contribution >= 4 is 0 Å². The lowest BCUT2D eigenvalue weighted by Gasteiger charge is -2.33. The maximum Gasteiger partial charge on any atom is 0.00817 e. The van der Waals surface area contributed by atoms with Gasteiger partial charge in [-0.1, -0.05) is 13.8 Å². The van der Waals surface area contributed by atoms with Crippen LogP contribution in [0.25, 0.3) is 0 Å². The van der Waals surface area contributed by atoms with Crippen LogP contribution in [0, 0.1) is 0 Å². The average molecular weight is 156 g/mol. The molecular weight excluding hydrogens is 136 g/mol. The molecule has 66 valence electrons. The summed E-state index contributed by atoms with van der Waals surface area (Å²) in [6, 6.07) is 1.78. The number of rotatable bonds is 2. The molecule has 0 aliphatic carbocycles. The molecule has 0 bridgehead atoms. The molecule has 1 rings (SSSR count). The summed E-state index contributed by atoms with van der Waals surface area (Å²) in [5.41, 5.74) is 5.93. The standard InChI is InChI=1S/C9H20N2/c1-3-8-5-7(10)6-9(4-2)11-8/h7-9,11H,3-6,10H2,1-2H3/t7-,8+,9-. The Bertz CT molecular complexity index is 102. The van der Waals surface area contributed by atoms with E-state index in [1.807, 2.05) is 0 Å². The van der Waals surface area contributed by atoms with Crippen molar-refractivity contribution in [2.24, 2.45) is 5.73 Å².